The molecule has 0 bridgehead atoms. The highest BCUT2D eigenvalue weighted by Gasteiger charge is 2.14. The summed E-state index contributed by atoms with van der Waals surface area (Å²) < 4.78 is 10.6. The highest BCUT2D eigenvalue weighted by Crippen LogP contribution is 2.24. The molecule has 0 aliphatic rings. The molecule has 0 fully saturated rings. The fourth-order valence-electron chi connectivity index (χ4n) is 2.77. The van der Waals surface area contributed by atoms with E-state index >= 15 is 0 Å². The van der Waals surface area contributed by atoms with E-state index in [9.17, 15) is 9.59 Å². The summed E-state index contributed by atoms with van der Waals surface area (Å²) in [6.45, 7) is 2.49. The van der Waals surface area contributed by atoms with Gasteiger partial charge in [0, 0.05) is 22.0 Å². The fraction of sp³-hybridized carbons (Fsp3) is 0.130. The van der Waals surface area contributed by atoms with Crippen molar-refractivity contribution in [1.82, 2.24) is 0 Å². The molecule has 2 N–H and O–H groups in total. The second-order valence-electron chi connectivity index (χ2n) is 6.29. The minimum absolute atomic E-state index is 0.256. The molecular weight excluding hydrogens is 404 g/mol. The molecule has 3 aromatic carbocycles. The first-order chi connectivity index (χ1) is 14.5. The molecule has 0 saturated heterocycles. The summed E-state index contributed by atoms with van der Waals surface area (Å²) >= 11 is 5.98. The highest BCUT2D eigenvalue weighted by molar-refractivity contribution is 6.31. The van der Waals surface area contributed by atoms with E-state index in [1.165, 1.54) is 13.2 Å². The van der Waals surface area contributed by atoms with Crippen LogP contribution < -0.4 is 20.1 Å². The topological polar surface area (TPSA) is 76.7 Å². The summed E-state index contributed by atoms with van der Waals surface area (Å²) in [5.41, 5.74) is 1.98. The second kappa shape index (κ2) is 9.80. The smallest absolute Gasteiger partial charge is 0.259 e. The minimum Gasteiger partial charge on any atom is -0.496 e. The zero-order chi connectivity index (χ0) is 21.5. The van der Waals surface area contributed by atoms with Gasteiger partial charge in [-0.05, 0) is 73.7 Å². The molecule has 0 heterocycles. The zero-order valence-electron chi connectivity index (χ0n) is 16.6. The van der Waals surface area contributed by atoms with Crippen LogP contribution in [0.3, 0.4) is 0 Å². The van der Waals surface area contributed by atoms with Crippen LogP contribution in [0.2, 0.25) is 5.02 Å². The number of rotatable bonds is 7. The van der Waals surface area contributed by atoms with Crippen LogP contribution in [0.15, 0.2) is 66.7 Å². The third-order valence-corrected chi connectivity index (χ3v) is 4.47. The Morgan fingerprint density at radius 3 is 2.07 bits per heavy atom. The lowest BCUT2D eigenvalue weighted by atomic mass is 10.1. The van der Waals surface area contributed by atoms with E-state index in [2.05, 4.69) is 10.6 Å². The molecule has 7 heteroatoms. The van der Waals surface area contributed by atoms with Crippen molar-refractivity contribution in [2.75, 3.05) is 24.4 Å². The summed E-state index contributed by atoms with van der Waals surface area (Å²) in [5, 5.41) is 6.03. The van der Waals surface area contributed by atoms with Crippen LogP contribution in [0.4, 0.5) is 11.4 Å². The molecule has 2 amide bonds. The van der Waals surface area contributed by atoms with Crippen LogP contribution in [0, 0.1) is 0 Å². The number of anilines is 2. The van der Waals surface area contributed by atoms with Gasteiger partial charge in [-0.1, -0.05) is 11.6 Å². The van der Waals surface area contributed by atoms with Gasteiger partial charge in [-0.3, -0.25) is 9.59 Å². The van der Waals surface area contributed by atoms with E-state index in [0.717, 1.165) is 5.75 Å². The van der Waals surface area contributed by atoms with Gasteiger partial charge in [0.1, 0.15) is 11.5 Å². The summed E-state index contributed by atoms with van der Waals surface area (Å²) in [4.78, 5) is 25.0. The monoisotopic (exact) mass is 424 g/mol. The number of benzene rings is 3. The van der Waals surface area contributed by atoms with Gasteiger partial charge >= 0.3 is 0 Å². The van der Waals surface area contributed by atoms with Crippen LogP contribution >= 0.6 is 11.6 Å². The Kier molecular flexibility index (Phi) is 6.93. The lowest BCUT2D eigenvalue weighted by molar-refractivity contribution is 0.101. The molecule has 30 heavy (non-hydrogen) atoms. The number of nitrogens with one attached hydrogen (secondary N) is 2. The summed E-state index contributed by atoms with van der Waals surface area (Å²) in [5.74, 6) is 0.546. The number of halogens is 1. The number of hydrogen-bond acceptors (Lipinski definition) is 4. The summed E-state index contributed by atoms with van der Waals surface area (Å²) in [6.07, 6.45) is 0. The van der Waals surface area contributed by atoms with Crippen molar-refractivity contribution >= 4 is 34.8 Å². The second-order valence-corrected chi connectivity index (χ2v) is 6.72. The van der Waals surface area contributed by atoms with Gasteiger partial charge in [-0.25, -0.2) is 0 Å². The van der Waals surface area contributed by atoms with Crippen molar-refractivity contribution in [3.05, 3.63) is 82.9 Å². The maximum absolute atomic E-state index is 12.5. The molecule has 0 saturated carbocycles. The van der Waals surface area contributed by atoms with Gasteiger partial charge < -0.3 is 20.1 Å². The van der Waals surface area contributed by atoms with E-state index in [-0.39, 0.29) is 11.8 Å². The van der Waals surface area contributed by atoms with Crippen molar-refractivity contribution in [2.24, 2.45) is 0 Å². The van der Waals surface area contributed by atoms with Gasteiger partial charge in [0.15, 0.2) is 0 Å². The zero-order valence-corrected chi connectivity index (χ0v) is 17.3. The number of carbonyl (C=O) groups is 2. The first-order valence-corrected chi connectivity index (χ1v) is 9.67. The molecule has 0 radical (unpaired) electrons. The summed E-state index contributed by atoms with van der Waals surface area (Å²) in [6, 6.07) is 18.5. The molecule has 0 aliphatic heterocycles. The number of hydrogen-bond donors (Lipinski definition) is 2. The predicted molar refractivity (Wildman–Crippen MR) is 118 cm³/mol. The third kappa shape index (κ3) is 5.30. The molecule has 0 atom stereocenters. The Labute approximate surface area is 179 Å². The predicted octanol–water partition coefficient (Wildman–Crippen LogP) is 5.25. The maximum atomic E-state index is 12.5. The van der Waals surface area contributed by atoms with Gasteiger partial charge in [0.2, 0.25) is 0 Å². The SMILES string of the molecule is CCOc1ccc(NC(=O)c2ccc(NC(=O)c3cc(Cl)ccc3OC)cc2)cc1. The minimum atomic E-state index is -0.360. The molecule has 0 aromatic heterocycles. The quantitative estimate of drug-likeness (QED) is 0.543. The fourth-order valence-corrected chi connectivity index (χ4v) is 2.94. The average Bonchev–Trinajstić information content (AvgIpc) is 2.75. The molecule has 154 valence electrons. The van der Waals surface area contributed by atoms with Crippen molar-refractivity contribution < 1.29 is 19.1 Å². The van der Waals surface area contributed by atoms with Crippen LogP contribution in [-0.4, -0.2) is 25.5 Å². The standard InChI is InChI=1S/C23H21ClN2O4/c1-3-30-19-11-9-18(10-12-19)25-22(27)15-4-7-17(8-5-15)26-23(28)20-14-16(24)6-13-21(20)29-2/h4-14H,3H2,1-2H3,(H,25,27)(H,26,28). The third-order valence-electron chi connectivity index (χ3n) is 4.23. The first kappa shape index (κ1) is 21.2. The van der Waals surface area contributed by atoms with E-state index < -0.39 is 0 Å². The Balaban J connectivity index is 1.65. The lowest BCUT2D eigenvalue weighted by Gasteiger charge is -2.11. The number of methoxy groups -OCH3 is 1. The van der Waals surface area contributed by atoms with Gasteiger partial charge in [0.25, 0.3) is 11.8 Å². The molecule has 0 unspecified atom stereocenters. The van der Waals surface area contributed by atoms with Crippen LogP contribution in [0.25, 0.3) is 0 Å². The highest BCUT2D eigenvalue weighted by atomic mass is 35.5. The molecule has 0 spiro atoms. The average molecular weight is 425 g/mol. The molecule has 3 rings (SSSR count). The maximum Gasteiger partial charge on any atom is 0.259 e. The number of ether oxygens (including phenoxy) is 2. The number of amides is 2. The molecule has 6 nitrogen and oxygen atoms in total. The van der Waals surface area contributed by atoms with E-state index in [4.69, 9.17) is 21.1 Å². The van der Waals surface area contributed by atoms with E-state index in [0.29, 0.717) is 39.9 Å². The van der Waals surface area contributed by atoms with Crippen LogP contribution in [-0.2, 0) is 0 Å². The van der Waals surface area contributed by atoms with Crippen LogP contribution in [0.1, 0.15) is 27.6 Å². The van der Waals surface area contributed by atoms with Gasteiger partial charge in [-0.2, -0.15) is 0 Å². The van der Waals surface area contributed by atoms with Crippen LogP contribution in [0.5, 0.6) is 11.5 Å². The Morgan fingerprint density at radius 1 is 0.867 bits per heavy atom. The molecular formula is C23H21ClN2O4. The first-order valence-electron chi connectivity index (χ1n) is 9.29. The van der Waals surface area contributed by atoms with Gasteiger partial charge in [-0.15, -0.1) is 0 Å². The summed E-state index contributed by atoms with van der Waals surface area (Å²) in [7, 11) is 1.48. The van der Waals surface area contributed by atoms with E-state index in [1.54, 1.807) is 60.7 Å². The van der Waals surface area contributed by atoms with Crippen molar-refractivity contribution in [1.29, 1.82) is 0 Å². The largest absolute Gasteiger partial charge is 0.496 e. The Morgan fingerprint density at radius 2 is 1.47 bits per heavy atom. The number of carbonyl (C=O) groups excluding carboxylic acids is 2. The van der Waals surface area contributed by atoms with Crippen molar-refractivity contribution in [3.8, 4) is 11.5 Å². The molecule has 3 aromatic rings. The van der Waals surface area contributed by atoms with E-state index in [1.807, 2.05) is 6.92 Å². The van der Waals surface area contributed by atoms with Crippen molar-refractivity contribution in [2.45, 2.75) is 6.92 Å². The Hall–Kier alpha value is -3.51. The Bertz CT molecular complexity index is 1030. The molecule has 0 aliphatic carbocycles. The van der Waals surface area contributed by atoms with Gasteiger partial charge in [0.05, 0.1) is 19.3 Å². The normalized spacial score (nSPS) is 10.2. The lowest BCUT2D eigenvalue weighted by Crippen LogP contribution is -2.14. The van der Waals surface area contributed by atoms with Crippen molar-refractivity contribution in [3.63, 3.8) is 0 Å².